The molecule has 8 heteroatoms. The first-order valence-corrected chi connectivity index (χ1v) is 8.49. The molecule has 0 unspecified atom stereocenters. The van der Waals surface area contributed by atoms with Gasteiger partial charge in [0.1, 0.15) is 0 Å². The number of ether oxygens (including phenoxy) is 1. The maximum atomic E-state index is 5.63. The Labute approximate surface area is 134 Å². The highest BCUT2D eigenvalue weighted by Gasteiger charge is 2.46. The lowest BCUT2D eigenvalue weighted by Crippen LogP contribution is -2.53. The maximum Gasteiger partial charge on any atom is 0.165 e. The Bertz CT molecular complexity index is 698. The molecule has 8 nitrogen and oxygen atoms in total. The lowest BCUT2D eigenvalue weighted by molar-refractivity contribution is -0.0465. The molecule has 0 bridgehead atoms. The molecule has 1 saturated heterocycles. The number of rotatable bonds is 3. The lowest BCUT2D eigenvalue weighted by atomic mass is 9.80. The van der Waals surface area contributed by atoms with Crippen molar-refractivity contribution in [2.24, 2.45) is 0 Å². The third-order valence-corrected chi connectivity index (χ3v) is 5.50. The van der Waals surface area contributed by atoms with E-state index < -0.39 is 0 Å². The summed E-state index contributed by atoms with van der Waals surface area (Å²) in [5.74, 6) is 0.984. The van der Waals surface area contributed by atoms with Gasteiger partial charge in [-0.25, -0.2) is 9.67 Å². The van der Waals surface area contributed by atoms with Crippen molar-refractivity contribution in [1.29, 1.82) is 0 Å². The van der Waals surface area contributed by atoms with E-state index in [1.807, 2.05) is 11.0 Å². The van der Waals surface area contributed by atoms with Crippen molar-refractivity contribution in [3.05, 3.63) is 23.5 Å². The largest absolute Gasteiger partial charge is 0.381 e. The van der Waals surface area contributed by atoms with E-state index in [-0.39, 0.29) is 5.54 Å². The third-order valence-electron chi connectivity index (χ3n) is 5.50. The van der Waals surface area contributed by atoms with Crippen LogP contribution in [0.2, 0.25) is 0 Å². The number of fused-ring (bicyclic) bond motifs is 2. The van der Waals surface area contributed by atoms with Crippen molar-refractivity contribution in [3.8, 4) is 0 Å². The summed E-state index contributed by atoms with van der Waals surface area (Å²) < 4.78 is 7.65. The molecule has 23 heavy (non-hydrogen) atoms. The fraction of sp³-hybridized carbons (Fsp3) is 0.733. The van der Waals surface area contributed by atoms with Gasteiger partial charge in [-0.3, -0.25) is 4.90 Å². The van der Waals surface area contributed by atoms with E-state index in [1.165, 1.54) is 24.2 Å². The highest BCUT2D eigenvalue weighted by molar-refractivity contribution is 5.26. The predicted octanol–water partition coefficient (Wildman–Crippen LogP) is 0.795. The van der Waals surface area contributed by atoms with Gasteiger partial charge in [0.15, 0.2) is 5.82 Å². The average Bonchev–Trinajstić information content (AvgIpc) is 3.12. The van der Waals surface area contributed by atoms with Crippen molar-refractivity contribution in [2.75, 3.05) is 19.8 Å². The minimum Gasteiger partial charge on any atom is -0.381 e. The molecule has 2 aromatic rings. The Morgan fingerprint density at radius 3 is 3.00 bits per heavy atom. The van der Waals surface area contributed by atoms with Crippen LogP contribution in [0, 0.1) is 0 Å². The highest BCUT2D eigenvalue weighted by atomic mass is 16.5. The molecule has 4 heterocycles. The number of nitrogens with zero attached hydrogens (tertiary/aromatic N) is 6. The minimum absolute atomic E-state index is 0.0356. The molecule has 1 aliphatic carbocycles. The van der Waals surface area contributed by atoms with Gasteiger partial charge in [0.05, 0.1) is 30.1 Å². The monoisotopic (exact) mass is 315 g/mol. The zero-order chi connectivity index (χ0) is 15.3. The van der Waals surface area contributed by atoms with Gasteiger partial charge >= 0.3 is 0 Å². The molecule has 2 aliphatic heterocycles. The lowest BCUT2D eigenvalue weighted by Gasteiger charge is -2.48. The summed E-state index contributed by atoms with van der Waals surface area (Å²) >= 11 is 0. The zero-order valence-corrected chi connectivity index (χ0v) is 13.1. The van der Waals surface area contributed by atoms with Crippen LogP contribution in [0.1, 0.15) is 48.9 Å². The van der Waals surface area contributed by atoms with E-state index in [1.54, 1.807) is 0 Å². The number of aromatic nitrogens is 6. The molecular weight excluding hydrogens is 294 g/mol. The SMILES string of the molecule is c1nc2c([nH]1)CCN(Cc1nnnn1C1CC1)C21CCOCC1. The highest BCUT2D eigenvalue weighted by Crippen LogP contribution is 2.42. The molecule has 2 fully saturated rings. The molecule has 2 aromatic heterocycles. The smallest absolute Gasteiger partial charge is 0.165 e. The first-order valence-electron chi connectivity index (χ1n) is 8.49. The van der Waals surface area contributed by atoms with Crippen LogP contribution >= 0.6 is 0 Å². The molecule has 1 saturated carbocycles. The van der Waals surface area contributed by atoms with Crippen LogP contribution in [0.3, 0.4) is 0 Å². The van der Waals surface area contributed by atoms with Gasteiger partial charge in [0.2, 0.25) is 0 Å². The Balaban J connectivity index is 1.50. The van der Waals surface area contributed by atoms with Crippen LogP contribution in [0.4, 0.5) is 0 Å². The fourth-order valence-electron chi connectivity index (χ4n) is 4.11. The van der Waals surface area contributed by atoms with Gasteiger partial charge in [-0.1, -0.05) is 0 Å². The Kier molecular flexibility index (Phi) is 3.02. The molecule has 0 aromatic carbocycles. The van der Waals surface area contributed by atoms with E-state index in [9.17, 15) is 0 Å². The summed E-state index contributed by atoms with van der Waals surface area (Å²) in [5.41, 5.74) is 2.45. The molecule has 1 spiro atoms. The van der Waals surface area contributed by atoms with E-state index in [2.05, 4.69) is 30.4 Å². The average molecular weight is 315 g/mol. The molecule has 1 N–H and O–H groups in total. The van der Waals surface area contributed by atoms with Crippen LogP contribution in [0.25, 0.3) is 0 Å². The summed E-state index contributed by atoms with van der Waals surface area (Å²) in [6.45, 7) is 3.37. The van der Waals surface area contributed by atoms with Gasteiger partial charge in [-0.2, -0.15) is 0 Å². The van der Waals surface area contributed by atoms with Crippen LogP contribution in [0.15, 0.2) is 6.33 Å². The molecule has 122 valence electrons. The van der Waals surface area contributed by atoms with Gasteiger partial charge in [-0.15, -0.1) is 5.10 Å². The standard InChI is InChI=1S/C15H21N7O/c1-2-11(1)22-13(18-19-20-22)9-21-6-3-12-14(17-10-16-12)15(21)4-7-23-8-5-15/h10-11H,1-9H2,(H,16,17). The fourth-order valence-corrected chi connectivity index (χ4v) is 4.11. The summed E-state index contributed by atoms with van der Waals surface area (Å²) in [5, 5.41) is 12.4. The molecular formula is C15H21N7O. The molecule has 0 atom stereocenters. The van der Waals surface area contributed by atoms with Crippen LogP contribution < -0.4 is 0 Å². The number of H-pyrrole nitrogens is 1. The summed E-state index contributed by atoms with van der Waals surface area (Å²) in [6, 6.07) is 0.511. The van der Waals surface area contributed by atoms with Crippen molar-refractivity contribution >= 4 is 0 Å². The van der Waals surface area contributed by atoms with Crippen molar-refractivity contribution in [3.63, 3.8) is 0 Å². The quantitative estimate of drug-likeness (QED) is 0.901. The van der Waals surface area contributed by atoms with E-state index in [4.69, 9.17) is 4.74 Å². The maximum absolute atomic E-state index is 5.63. The van der Waals surface area contributed by atoms with Crippen LogP contribution in [0.5, 0.6) is 0 Å². The molecule has 3 aliphatic rings. The number of hydrogen-bond donors (Lipinski definition) is 1. The Morgan fingerprint density at radius 2 is 2.17 bits per heavy atom. The van der Waals surface area contributed by atoms with E-state index >= 15 is 0 Å². The first kappa shape index (κ1) is 13.6. The second-order valence-corrected chi connectivity index (χ2v) is 6.82. The van der Waals surface area contributed by atoms with Crippen LogP contribution in [-0.2, 0) is 23.2 Å². The second-order valence-electron chi connectivity index (χ2n) is 6.82. The van der Waals surface area contributed by atoms with Gasteiger partial charge in [0.25, 0.3) is 0 Å². The van der Waals surface area contributed by atoms with Crippen molar-refractivity contribution in [2.45, 2.75) is 50.2 Å². The first-order chi connectivity index (χ1) is 11.4. The van der Waals surface area contributed by atoms with E-state index in [0.717, 1.165) is 51.4 Å². The van der Waals surface area contributed by atoms with E-state index in [0.29, 0.717) is 6.04 Å². The third kappa shape index (κ3) is 2.12. The number of aromatic amines is 1. The van der Waals surface area contributed by atoms with Gasteiger partial charge < -0.3 is 9.72 Å². The molecule has 0 radical (unpaired) electrons. The molecule has 0 amide bonds. The van der Waals surface area contributed by atoms with Gasteiger partial charge in [-0.05, 0) is 36.1 Å². The van der Waals surface area contributed by atoms with Crippen LogP contribution in [-0.4, -0.2) is 54.8 Å². The zero-order valence-electron chi connectivity index (χ0n) is 13.1. The molecule has 5 rings (SSSR count). The topological polar surface area (TPSA) is 84.8 Å². The summed E-state index contributed by atoms with van der Waals surface area (Å²) in [4.78, 5) is 10.5. The number of imidazole rings is 1. The Morgan fingerprint density at radius 1 is 1.30 bits per heavy atom. The second kappa shape index (κ2) is 5.10. The predicted molar refractivity (Wildman–Crippen MR) is 80.5 cm³/mol. The minimum atomic E-state index is -0.0356. The summed E-state index contributed by atoms with van der Waals surface area (Å²) in [6.07, 6.45) is 7.19. The van der Waals surface area contributed by atoms with Crippen molar-refractivity contribution in [1.82, 2.24) is 35.1 Å². The normalized spacial score (nSPS) is 24.0. The number of nitrogens with one attached hydrogen (secondary N) is 1. The number of hydrogen-bond acceptors (Lipinski definition) is 6. The number of tetrazole rings is 1. The summed E-state index contributed by atoms with van der Waals surface area (Å²) in [7, 11) is 0. The Hall–Kier alpha value is -1.80. The van der Waals surface area contributed by atoms with Crippen molar-refractivity contribution < 1.29 is 4.74 Å². The van der Waals surface area contributed by atoms with Gasteiger partial charge in [0, 0.05) is 31.9 Å².